The lowest BCUT2D eigenvalue weighted by atomic mass is 10.1. The lowest BCUT2D eigenvalue weighted by Crippen LogP contribution is -2.34. The fourth-order valence-electron chi connectivity index (χ4n) is 3.81. The summed E-state index contributed by atoms with van der Waals surface area (Å²) < 4.78 is 6.66. The van der Waals surface area contributed by atoms with Crippen LogP contribution < -0.4 is 10.1 Å². The van der Waals surface area contributed by atoms with Gasteiger partial charge in [-0.3, -0.25) is 14.9 Å². The molecule has 0 radical (unpaired) electrons. The van der Waals surface area contributed by atoms with E-state index in [1.165, 1.54) is 29.7 Å². The van der Waals surface area contributed by atoms with Crippen LogP contribution in [-0.2, 0) is 0 Å². The third-order valence-corrected chi connectivity index (χ3v) is 5.53. The fourth-order valence-corrected chi connectivity index (χ4v) is 3.81. The van der Waals surface area contributed by atoms with Gasteiger partial charge in [-0.25, -0.2) is 4.68 Å². The molecule has 1 fully saturated rings. The van der Waals surface area contributed by atoms with Crippen molar-refractivity contribution >= 4 is 11.6 Å². The topological polar surface area (TPSA) is 103 Å². The Morgan fingerprint density at radius 2 is 1.91 bits per heavy atom. The summed E-state index contributed by atoms with van der Waals surface area (Å²) in [6, 6.07) is 15.1. The SMILES string of the molecule is COc1ccc(-c2cc(C(=O)NCCN3CCCC3)n(-c3cccc([N+](=O)[O-])c3)n2)cc1. The van der Waals surface area contributed by atoms with Gasteiger partial charge in [0.1, 0.15) is 11.4 Å². The normalized spacial score (nSPS) is 13.8. The Hall–Kier alpha value is -3.72. The number of benzene rings is 2. The van der Waals surface area contributed by atoms with Crippen LogP contribution in [0.3, 0.4) is 0 Å². The second kappa shape index (κ2) is 9.61. The van der Waals surface area contributed by atoms with Gasteiger partial charge in [0.15, 0.2) is 0 Å². The smallest absolute Gasteiger partial charge is 0.271 e. The second-order valence-corrected chi connectivity index (χ2v) is 7.64. The van der Waals surface area contributed by atoms with Crippen molar-refractivity contribution in [2.75, 3.05) is 33.3 Å². The Morgan fingerprint density at radius 3 is 2.59 bits per heavy atom. The molecule has 1 saturated heterocycles. The number of nitro benzene ring substituents is 1. The first-order valence-corrected chi connectivity index (χ1v) is 10.5. The number of carbonyl (C=O) groups is 1. The molecule has 3 aromatic rings. The van der Waals surface area contributed by atoms with Crippen molar-refractivity contribution < 1.29 is 14.5 Å². The molecule has 2 aromatic carbocycles. The third kappa shape index (κ3) is 4.78. The highest BCUT2D eigenvalue weighted by Crippen LogP contribution is 2.25. The van der Waals surface area contributed by atoms with Gasteiger partial charge in [-0.05, 0) is 62.3 Å². The molecule has 1 aliphatic heterocycles. The van der Waals surface area contributed by atoms with Gasteiger partial charge in [-0.1, -0.05) is 6.07 Å². The predicted octanol–water partition coefficient (Wildman–Crippen LogP) is 3.28. The van der Waals surface area contributed by atoms with Crippen LogP contribution >= 0.6 is 0 Å². The molecule has 1 aliphatic rings. The summed E-state index contributed by atoms with van der Waals surface area (Å²) in [5.74, 6) is 0.440. The fraction of sp³-hybridized carbons (Fsp3) is 0.304. The number of aromatic nitrogens is 2. The van der Waals surface area contributed by atoms with Gasteiger partial charge < -0.3 is 15.0 Å². The van der Waals surface area contributed by atoms with Crippen LogP contribution in [0.1, 0.15) is 23.3 Å². The highest BCUT2D eigenvalue weighted by atomic mass is 16.6. The first-order valence-electron chi connectivity index (χ1n) is 10.5. The van der Waals surface area contributed by atoms with Crippen molar-refractivity contribution in [1.29, 1.82) is 0 Å². The number of nitrogens with one attached hydrogen (secondary N) is 1. The van der Waals surface area contributed by atoms with E-state index in [2.05, 4.69) is 15.3 Å². The molecule has 0 aliphatic carbocycles. The molecule has 9 nitrogen and oxygen atoms in total. The van der Waals surface area contributed by atoms with E-state index in [1.54, 1.807) is 25.3 Å². The number of likely N-dealkylation sites (tertiary alicyclic amines) is 1. The molecule has 0 spiro atoms. The maximum Gasteiger partial charge on any atom is 0.271 e. The Bertz CT molecular complexity index is 1100. The van der Waals surface area contributed by atoms with Gasteiger partial charge in [0.25, 0.3) is 11.6 Å². The maximum absolute atomic E-state index is 13.0. The largest absolute Gasteiger partial charge is 0.497 e. The molecule has 0 bridgehead atoms. The zero-order valence-electron chi connectivity index (χ0n) is 17.9. The van der Waals surface area contributed by atoms with E-state index in [9.17, 15) is 14.9 Å². The molecule has 2 heterocycles. The minimum atomic E-state index is -0.465. The molecular formula is C23H25N5O4. The Balaban J connectivity index is 1.64. The van der Waals surface area contributed by atoms with E-state index in [4.69, 9.17) is 4.74 Å². The lowest BCUT2D eigenvalue weighted by Gasteiger charge is -2.15. The Labute approximate surface area is 185 Å². The van der Waals surface area contributed by atoms with Crippen LogP contribution in [0.2, 0.25) is 0 Å². The standard InChI is InChI=1S/C23H25N5O4/c1-32-20-9-7-17(8-10-20)21-16-22(23(29)24-11-14-26-12-2-3-13-26)27(25-21)18-5-4-6-19(15-18)28(30)31/h4-10,15-16H,2-3,11-14H2,1H3,(H,24,29). The number of hydrogen-bond acceptors (Lipinski definition) is 6. The summed E-state index contributed by atoms with van der Waals surface area (Å²) in [5.41, 5.74) is 2.09. The van der Waals surface area contributed by atoms with E-state index >= 15 is 0 Å². The van der Waals surface area contributed by atoms with Gasteiger partial charge in [0.2, 0.25) is 0 Å². The molecule has 0 atom stereocenters. The van der Waals surface area contributed by atoms with E-state index in [1.807, 2.05) is 24.3 Å². The van der Waals surface area contributed by atoms with E-state index in [-0.39, 0.29) is 11.6 Å². The predicted molar refractivity (Wildman–Crippen MR) is 120 cm³/mol. The Kier molecular flexibility index (Phi) is 6.46. The number of ether oxygens (including phenoxy) is 1. The zero-order valence-corrected chi connectivity index (χ0v) is 17.9. The van der Waals surface area contributed by atoms with E-state index in [0.29, 0.717) is 29.4 Å². The molecule has 166 valence electrons. The van der Waals surface area contributed by atoms with Gasteiger partial charge in [-0.15, -0.1) is 0 Å². The van der Waals surface area contributed by atoms with Crippen LogP contribution in [0.5, 0.6) is 5.75 Å². The van der Waals surface area contributed by atoms with Crippen molar-refractivity contribution in [3.05, 3.63) is 70.4 Å². The molecule has 0 unspecified atom stereocenters. The summed E-state index contributed by atoms with van der Waals surface area (Å²) in [4.78, 5) is 26.1. The summed E-state index contributed by atoms with van der Waals surface area (Å²) in [7, 11) is 1.59. The summed E-state index contributed by atoms with van der Waals surface area (Å²) in [6.45, 7) is 3.44. The first-order chi connectivity index (χ1) is 15.5. The molecule has 4 rings (SSSR count). The first kappa shape index (κ1) is 21.5. The monoisotopic (exact) mass is 435 g/mol. The number of carbonyl (C=O) groups excluding carboxylic acids is 1. The quantitative estimate of drug-likeness (QED) is 0.430. The minimum absolute atomic E-state index is 0.0654. The van der Waals surface area contributed by atoms with Crippen LogP contribution in [0.25, 0.3) is 16.9 Å². The minimum Gasteiger partial charge on any atom is -0.497 e. The number of nitro groups is 1. The van der Waals surface area contributed by atoms with E-state index in [0.717, 1.165) is 25.2 Å². The van der Waals surface area contributed by atoms with Crippen molar-refractivity contribution in [2.24, 2.45) is 0 Å². The average Bonchev–Trinajstić information content (AvgIpc) is 3.49. The van der Waals surface area contributed by atoms with Crippen molar-refractivity contribution in [3.63, 3.8) is 0 Å². The molecule has 1 amide bonds. The van der Waals surface area contributed by atoms with Gasteiger partial charge in [0.05, 0.1) is 23.4 Å². The number of nitrogens with zero attached hydrogens (tertiary/aromatic N) is 4. The van der Waals surface area contributed by atoms with Gasteiger partial charge in [-0.2, -0.15) is 5.10 Å². The lowest BCUT2D eigenvalue weighted by molar-refractivity contribution is -0.384. The van der Waals surface area contributed by atoms with Crippen LogP contribution in [0.4, 0.5) is 5.69 Å². The average molecular weight is 435 g/mol. The number of amides is 1. The summed E-state index contributed by atoms with van der Waals surface area (Å²) in [5, 5.41) is 18.8. The zero-order chi connectivity index (χ0) is 22.5. The molecular weight excluding hydrogens is 410 g/mol. The number of non-ortho nitro benzene ring substituents is 1. The summed E-state index contributed by atoms with van der Waals surface area (Å²) >= 11 is 0. The van der Waals surface area contributed by atoms with Gasteiger partial charge >= 0.3 is 0 Å². The van der Waals surface area contributed by atoms with Gasteiger partial charge in [0, 0.05) is 30.8 Å². The van der Waals surface area contributed by atoms with Crippen LogP contribution in [0.15, 0.2) is 54.6 Å². The highest BCUT2D eigenvalue weighted by Gasteiger charge is 2.20. The molecule has 32 heavy (non-hydrogen) atoms. The molecule has 9 heteroatoms. The molecule has 1 aromatic heterocycles. The number of rotatable bonds is 8. The number of methoxy groups -OCH3 is 1. The van der Waals surface area contributed by atoms with Crippen LogP contribution in [0, 0.1) is 10.1 Å². The van der Waals surface area contributed by atoms with Crippen molar-refractivity contribution in [2.45, 2.75) is 12.8 Å². The van der Waals surface area contributed by atoms with Crippen LogP contribution in [-0.4, -0.2) is 58.8 Å². The Morgan fingerprint density at radius 1 is 1.16 bits per heavy atom. The highest BCUT2D eigenvalue weighted by molar-refractivity contribution is 5.94. The third-order valence-electron chi connectivity index (χ3n) is 5.53. The molecule has 1 N–H and O–H groups in total. The maximum atomic E-state index is 13.0. The second-order valence-electron chi connectivity index (χ2n) is 7.64. The van der Waals surface area contributed by atoms with Crippen molar-refractivity contribution in [1.82, 2.24) is 20.0 Å². The summed E-state index contributed by atoms with van der Waals surface area (Å²) in [6.07, 6.45) is 2.39. The molecule has 0 saturated carbocycles. The number of hydrogen-bond donors (Lipinski definition) is 1. The van der Waals surface area contributed by atoms with E-state index < -0.39 is 4.92 Å². The van der Waals surface area contributed by atoms with Crippen molar-refractivity contribution in [3.8, 4) is 22.7 Å².